The number of amides is 2. The van der Waals surface area contributed by atoms with Crippen LogP contribution >= 0.6 is 11.6 Å². The summed E-state index contributed by atoms with van der Waals surface area (Å²) < 4.78 is 4.92. The number of nitrogens with zero attached hydrogens (tertiary/aromatic N) is 2. The molecule has 48 heavy (non-hydrogen) atoms. The smallest absolute Gasteiger partial charge is 0.315 e. The van der Waals surface area contributed by atoms with Gasteiger partial charge in [0.15, 0.2) is 0 Å². The number of piperidine rings is 2. The number of esters is 1. The molecule has 2 aliphatic heterocycles. The minimum absolute atomic E-state index is 0.00115. The molecule has 3 aromatic carbocycles. The number of rotatable bonds is 13. The van der Waals surface area contributed by atoms with Crippen LogP contribution in [-0.4, -0.2) is 78.6 Å². The van der Waals surface area contributed by atoms with Gasteiger partial charge in [0.2, 0.25) is 11.8 Å². The molecular weight excluding hydrogens is 626 g/mol. The van der Waals surface area contributed by atoms with E-state index in [2.05, 4.69) is 58.7 Å². The molecular formula is C39H48ClN3O5. The number of ether oxygens (including phenoxy) is 1. The van der Waals surface area contributed by atoms with Gasteiger partial charge in [-0.3, -0.25) is 14.4 Å². The van der Waals surface area contributed by atoms with Crippen molar-refractivity contribution in [3.05, 3.63) is 107 Å². The molecule has 0 spiro atoms. The van der Waals surface area contributed by atoms with Crippen molar-refractivity contribution in [2.45, 2.75) is 62.9 Å². The van der Waals surface area contributed by atoms with Gasteiger partial charge < -0.3 is 25.0 Å². The molecule has 2 saturated heterocycles. The molecule has 256 valence electrons. The van der Waals surface area contributed by atoms with Gasteiger partial charge in [0.25, 0.3) is 0 Å². The Kier molecular flexibility index (Phi) is 12.3. The molecule has 2 fully saturated rings. The van der Waals surface area contributed by atoms with Crippen LogP contribution in [0.4, 0.5) is 0 Å². The van der Waals surface area contributed by atoms with E-state index in [0.717, 1.165) is 49.2 Å². The van der Waals surface area contributed by atoms with Crippen molar-refractivity contribution in [2.75, 3.05) is 45.9 Å². The van der Waals surface area contributed by atoms with Crippen LogP contribution in [0.15, 0.2) is 84.9 Å². The molecule has 0 unspecified atom stereocenters. The second kappa shape index (κ2) is 16.6. The average molecular weight is 674 g/mol. The minimum Gasteiger partial charge on any atom is -0.466 e. The summed E-state index contributed by atoms with van der Waals surface area (Å²) in [5.41, 5.74) is 1.96. The third-order valence-corrected chi connectivity index (χ3v) is 10.4. The van der Waals surface area contributed by atoms with Gasteiger partial charge in [-0.2, -0.15) is 0 Å². The lowest BCUT2D eigenvalue weighted by atomic mass is 9.71. The van der Waals surface area contributed by atoms with E-state index in [9.17, 15) is 19.5 Å². The fraction of sp³-hybridized carbons (Fsp3) is 0.462. The van der Waals surface area contributed by atoms with E-state index in [4.69, 9.17) is 16.3 Å². The third-order valence-electron chi connectivity index (χ3n) is 10.2. The molecule has 0 radical (unpaired) electrons. The maximum atomic E-state index is 13.6. The number of halogens is 1. The van der Waals surface area contributed by atoms with E-state index in [1.807, 2.05) is 36.4 Å². The van der Waals surface area contributed by atoms with Crippen LogP contribution in [-0.2, 0) is 30.1 Å². The molecule has 3 aromatic rings. The van der Waals surface area contributed by atoms with Crippen molar-refractivity contribution in [3.8, 4) is 0 Å². The van der Waals surface area contributed by atoms with Gasteiger partial charge >= 0.3 is 5.97 Å². The van der Waals surface area contributed by atoms with Crippen molar-refractivity contribution >= 4 is 29.4 Å². The number of carbonyl (C=O) groups is 3. The summed E-state index contributed by atoms with van der Waals surface area (Å²) in [6.45, 7) is 5.82. The number of hydrogen-bond donors (Lipinski definition) is 2. The summed E-state index contributed by atoms with van der Waals surface area (Å²) in [6.07, 6.45) is 3.94. The maximum absolute atomic E-state index is 13.6. The summed E-state index contributed by atoms with van der Waals surface area (Å²) in [7, 11) is 0. The van der Waals surface area contributed by atoms with E-state index in [1.54, 1.807) is 11.8 Å². The van der Waals surface area contributed by atoms with Crippen molar-refractivity contribution in [3.63, 3.8) is 0 Å². The molecule has 2 amide bonds. The average Bonchev–Trinajstić information content (AvgIpc) is 3.11. The fourth-order valence-corrected chi connectivity index (χ4v) is 7.41. The lowest BCUT2D eigenvalue weighted by Crippen LogP contribution is -2.47. The van der Waals surface area contributed by atoms with Gasteiger partial charge in [-0.25, -0.2) is 0 Å². The molecule has 0 aliphatic carbocycles. The van der Waals surface area contributed by atoms with Crippen molar-refractivity contribution in [2.24, 2.45) is 5.92 Å². The highest BCUT2D eigenvalue weighted by atomic mass is 35.5. The van der Waals surface area contributed by atoms with Gasteiger partial charge in [-0.1, -0.05) is 84.4 Å². The van der Waals surface area contributed by atoms with E-state index >= 15 is 0 Å². The summed E-state index contributed by atoms with van der Waals surface area (Å²) in [5.74, 6) is -0.960. The van der Waals surface area contributed by atoms with Crippen LogP contribution in [0.5, 0.6) is 0 Å². The second-order valence-corrected chi connectivity index (χ2v) is 13.6. The lowest BCUT2D eigenvalue weighted by Gasteiger charge is -2.40. The zero-order chi connectivity index (χ0) is 34.0. The maximum Gasteiger partial charge on any atom is 0.315 e. The van der Waals surface area contributed by atoms with E-state index in [0.29, 0.717) is 50.3 Å². The molecule has 2 N–H and O–H groups in total. The summed E-state index contributed by atoms with van der Waals surface area (Å²) in [6, 6.07) is 28.4. The second-order valence-electron chi connectivity index (χ2n) is 13.2. The van der Waals surface area contributed by atoms with Gasteiger partial charge in [-0.05, 0) is 80.8 Å². The summed E-state index contributed by atoms with van der Waals surface area (Å²) in [4.78, 5) is 42.1. The first-order chi connectivity index (χ1) is 23.2. The van der Waals surface area contributed by atoms with Crippen molar-refractivity contribution in [1.29, 1.82) is 0 Å². The number of benzene rings is 3. The first-order valence-corrected chi connectivity index (χ1v) is 17.6. The molecule has 2 heterocycles. The lowest BCUT2D eigenvalue weighted by molar-refractivity contribution is -0.149. The van der Waals surface area contributed by atoms with E-state index in [-0.39, 0.29) is 30.8 Å². The first-order valence-electron chi connectivity index (χ1n) is 17.3. The Balaban J connectivity index is 1.23. The Bertz CT molecular complexity index is 1450. The fourth-order valence-electron chi connectivity index (χ4n) is 7.28. The number of aliphatic hydroxyl groups is 1. The van der Waals surface area contributed by atoms with Crippen LogP contribution in [0, 0.1) is 5.92 Å². The van der Waals surface area contributed by atoms with Crippen LogP contribution in [0.2, 0.25) is 5.02 Å². The van der Waals surface area contributed by atoms with Gasteiger partial charge in [0.05, 0.1) is 12.2 Å². The SMILES string of the molecule is CCOC(=O)CC(=O)N1CCC(C(=O)NCC(CCCN2CCC(O)(c3ccc(Cl)cc3)CC2)(c2ccccc2)c2ccccc2)CC1. The molecule has 0 saturated carbocycles. The highest BCUT2D eigenvalue weighted by Crippen LogP contribution is 2.38. The predicted molar refractivity (Wildman–Crippen MR) is 187 cm³/mol. The normalized spacial score (nSPS) is 17.1. The van der Waals surface area contributed by atoms with Crippen LogP contribution < -0.4 is 5.32 Å². The third kappa shape index (κ3) is 8.84. The van der Waals surface area contributed by atoms with Gasteiger partial charge in [-0.15, -0.1) is 0 Å². The van der Waals surface area contributed by atoms with Crippen LogP contribution in [0.3, 0.4) is 0 Å². The Morgan fingerprint density at radius 1 is 0.896 bits per heavy atom. The van der Waals surface area contributed by atoms with Gasteiger partial charge in [0.1, 0.15) is 6.42 Å². The number of hydrogen-bond acceptors (Lipinski definition) is 6. The molecule has 0 atom stereocenters. The highest BCUT2D eigenvalue weighted by Gasteiger charge is 2.37. The zero-order valence-electron chi connectivity index (χ0n) is 27.9. The Morgan fingerprint density at radius 2 is 1.48 bits per heavy atom. The first kappa shape index (κ1) is 35.6. The van der Waals surface area contributed by atoms with Crippen LogP contribution in [0.1, 0.15) is 68.6 Å². The Hall–Kier alpha value is -3.72. The Morgan fingerprint density at radius 3 is 2.04 bits per heavy atom. The van der Waals surface area contributed by atoms with Crippen molar-refractivity contribution in [1.82, 2.24) is 15.1 Å². The quantitative estimate of drug-likeness (QED) is 0.179. The summed E-state index contributed by atoms with van der Waals surface area (Å²) in [5, 5.41) is 15.4. The highest BCUT2D eigenvalue weighted by molar-refractivity contribution is 6.30. The molecule has 8 nitrogen and oxygen atoms in total. The molecule has 0 bridgehead atoms. The molecule has 5 rings (SSSR count). The standard InChI is InChI=1S/C39H48ClN3O5/c1-2-48-36(45)28-35(44)43-24-18-30(19-25-43)37(46)41-29-38(31-10-5-3-6-11-31,32-12-7-4-8-13-32)20-9-23-42-26-21-39(47,22-27-42)33-14-16-34(40)17-15-33/h3-8,10-17,30,47H,2,9,18-29H2,1H3,(H,41,46). The number of carbonyl (C=O) groups excluding carboxylic acids is 3. The van der Waals surface area contributed by atoms with Crippen LogP contribution in [0.25, 0.3) is 0 Å². The Labute approximate surface area is 289 Å². The van der Waals surface area contributed by atoms with Gasteiger partial charge in [0, 0.05) is 49.1 Å². The topological polar surface area (TPSA) is 99.2 Å². The molecule has 2 aliphatic rings. The largest absolute Gasteiger partial charge is 0.466 e. The van der Waals surface area contributed by atoms with E-state index in [1.165, 1.54) is 0 Å². The monoisotopic (exact) mass is 673 g/mol. The predicted octanol–water partition coefficient (Wildman–Crippen LogP) is 5.70. The van der Waals surface area contributed by atoms with Crippen molar-refractivity contribution < 1.29 is 24.2 Å². The zero-order valence-corrected chi connectivity index (χ0v) is 28.7. The number of nitrogens with one attached hydrogen (secondary N) is 1. The minimum atomic E-state index is -0.840. The molecule has 0 aromatic heterocycles. The van der Waals surface area contributed by atoms with E-state index < -0.39 is 17.0 Å². The molecule has 9 heteroatoms. The number of likely N-dealkylation sites (tertiary alicyclic amines) is 2. The summed E-state index contributed by atoms with van der Waals surface area (Å²) >= 11 is 6.08.